The molecular formula is C19H20ClFN4O5S. The molecule has 2 aliphatic heterocycles. The van der Waals surface area contributed by atoms with Crippen molar-refractivity contribution in [2.45, 2.75) is 43.0 Å². The van der Waals surface area contributed by atoms with Crippen LogP contribution < -0.4 is 5.32 Å². The number of alkyl halides is 1. The Balaban J connectivity index is 1.66. The third-order valence-corrected chi connectivity index (χ3v) is 7.66. The number of halogens is 2. The summed E-state index contributed by atoms with van der Waals surface area (Å²) in [4.78, 5) is 19.8. The van der Waals surface area contributed by atoms with E-state index in [2.05, 4.69) is 15.3 Å². The first-order chi connectivity index (χ1) is 14.7. The number of hydrogen-bond acceptors (Lipinski definition) is 7. The first kappa shape index (κ1) is 21.9. The second kappa shape index (κ2) is 8.30. The Kier molecular flexibility index (Phi) is 5.86. The molecule has 3 heterocycles. The highest BCUT2D eigenvalue weighted by molar-refractivity contribution is 7.89. The maximum absolute atomic E-state index is 14.0. The molecule has 1 aromatic carbocycles. The molecule has 0 saturated carbocycles. The lowest BCUT2D eigenvalue weighted by Crippen LogP contribution is -2.39. The van der Waals surface area contributed by atoms with Crippen LogP contribution in [-0.4, -0.2) is 65.2 Å². The summed E-state index contributed by atoms with van der Waals surface area (Å²) in [5, 5.41) is 12.4. The highest BCUT2D eigenvalue weighted by Crippen LogP contribution is 2.36. The van der Waals surface area contributed by atoms with Gasteiger partial charge in [-0.2, -0.15) is 4.31 Å². The van der Waals surface area contributed by atoms with Crippen molar-refractivity contribution in [3.05, 3.63) is 35.0 Å². The van der Waals surface area contributed by atoms with Crippen LogP contribution in [0.5, 0.6) is 0 Å². The monoisotopic (exact) mass is 470 g/mol. The first-order valence-electron chi connectivity index (χ1n) is 9.57. The van der Waals surface area contributed by atoms with Gasteiger partial charge in [0.1, 0.15) is 12.2 Å². The van der Waals surface area contributed by atoms with E-state index in [9.17, 15) is 22.7 Å². The molecule has 2 aromatic rings. The lowest BCUT2D eigenvalue weighted by Gasteiger charge is -2.26. The number of nitrogens with zero attached hydrogens (tertiary/aromatic N) is 3. The summed E-state index contributed by atoms with van der Waals surface area (Å²) >= 11 is 6.26. The van der Waals surface area contributed by atoms with Crippen LogP contribution in [0.25, 0.3) is 11.3 Å². The van der Waals surface area contributed by atoms with Gasteiger partial charge in [-0.15, -0.1) is 0 Å². The Hall–Kier alpha value is -2.34. The number of carboxylic acid groups (broad SMARTS) is 1. The number of hydrogen-bond donors (Lipinski definition) is 2. The van der Waals surface area contributed by atoms with Gasteiger partial charge in [0.2, 0.25) is 16.0 Å². The maximum atomic E-state index is 14.0. The summed E-state index contributed by atoms with van der Waals surface area (Å²) in [6, 6.07) is 2.98. The molecule has 31 heavy (non-hydrogen) atoms. The van der Waals surface area contributed by atoms with Gasteiger partial charge in [-0.3, -0.25) is 4.79 Å². The van der Waals surface area contributed by atoms with Crippen LogP contribution in [0.2, 0.25) is 5.02 Å². The molecule has 1 aromatic heterocycles. The summed E-state index contributed by atoms with van der Waals surface area (Å²) < 4.78 is 45.9. The van der Waals surface area contributed by atoms with E-state index in [0.29, 0.717) is 24.2 Å². The van der Waals surface area contributed by atoms with Crippen LogP contribution in [0.15, 0.2) is 29.3 Å². The number of sulfonamides is 1. The third kappa shape index (κ3) is 4.10. The van der Waals surface area contributed by atoms with Crippen molar-refractivity contribution >= 4 is 33.5 Å². The Morgan fingerprint density at radius 3 is 2.94 bits per heavy atom. The summed E-state index contributed by atoms with van der Waals surface area (Å²) in [5.74, 6) is -1.07. The van der Waals surface area contributed by atoms with E-state index < -0.39 is 34.2 Å². The molecular weight excluding hydrogens is 451 g/mol. The van der Waals surface area contributed by atoms with Crippen molar-refractivity contribution < 1.29 is 27.4 Å². The predicted octanol–water partition coefficient (Wildman–Crippen LogP) is 2.31. The van der Waals surface area contributed by atoms with E-state index in [1.165, 1.54) is 19.2 Å². The van der Waals surface area contributed by atoms with E-state index >= 15 is 0 Å². The minimum atomic E-state index is -3.99. The number of fused-ring (bicyclic) bond motifs is 1. The predicted molar refractivity (Wildman–Crippen MR) is 110 cm³/mol. The molecule has 1 unspecified atom stereocenters. The van der Waals surface area contributed by atoms with Crippen molar-refractivity contribution in [1.29, 1.82) is 0 Å². The summed E-state index contributed by atoms with van der Waals surface area (Å²) in [6.07, 6.45) is 0.611. The molecule has 1 fully saturated rings. The number of benzene rings is 1. The van der Waals surface area contributed by atoms with E-state index in [0.717, 1.165) is 4.31 Å². The number of ether oxygens (including phenoxy) is 1. The van der Waals surface area contributed by atoms with Crippen LogP contribution in [0.1, 0.15) is 18.9 Å². The van der Waals surface area contributed by atoms with Crippen molar-refractivity contribution in [3.8, 4) is 11.3 Å². The van der Waals surface area contributed by atoms with Crippen molar-refractivity contribution in [2.75, 3.05) is 18.5 Å². The van der Waals surface area contributed by atoms with Crippen LogP contribution in [0.3, 0.4) is 0 Å². The van der Waals surface area contributed by atoms with E-state index in [1.54, 1.807) is 12.1 Å². The van der Waals surface area contributed by atoms with Crippen LogP contribution >= 0.6 is 11.6 Å². The molecule has 0 radical (unpaired) electrons. The topological polar surface area (TPSA) is 122 Å². The van der Waals surface area contributed by atoms with Gasteiger partial charge in [-0.1, -0.05) is 23.7 Å². The molecule has 0 bridgehead atoms. The second-order valence-corrected chi connectivity index (χ2v) is 9.67. The number of aromatic nitrogens is 2. The first-order valence-corrected chi connectivity index (χ1v) is 11.4. The number of aliphatic carboxylic acids is 1. The number of carbonyl (C=O) groups is 1. The Bertz CT molecular complexity index is 1130. The third-order valence-electron chi connectivity index (χ3n) is 5.39. The quantitative estimate of drug-likeness (QED) is 0.682. The largest absolute Gasteiger partial charge is 0.480 e. The fourth-order valence-electron chi connectivity index (χ4n) is 3.59. The number of nitrogens with one attached hydrogen (secondary N) is 1. The van der Waals surface area contributed by atoms with E-state index in [4.69, 9.17) is 16.3 Å². The normalized spacial score (nSPS) is 23.8. The summed E-state index contributed by atoms with van der Waals surface area (Å²) in [7, 11) is -3.99. The van der Waals surface area contributed by atoms with Crippen molar-refractivity contribution in [1.82, 2.24) is 14.3 Å². The molecule has 0 amide bonds. The molecule has 0 aliphatic carbocycles. The lowest BCUT2D eigenvalue weighted by atomic mass is 10.1. The zero-order valence-corrected chi connectivity index (χ0v) is 18.0. The van der Waals surface area contributed by atoms with Crippen molar-refractivity contribution in [2.24, 2.45) is 0 Å². The van der Waals surface area contributed by atoms with Gasteiger partial charge in [0.05, 0.1) is 34.5 Å². The number of carboxylic acids is 1. The zero-order valence-electron chi connectivity index (χ0n) is 16.5. The number of anilines is 1. The smallest absolute Gasteiger partial charge is 0.321 e. The van der Waals surface area contributed by atoms with Gasteiger partial charge in [-0.05, 0) is 25.0 Å². The summed E-state index contributed by atoms with van der Waals surface area (Å²) in [6.45, 7) is 1.70. The fraction of sp³-hybridized carbons (Fsp3) is 0.421. The van der Waals surface area contributed by atoms with Crippen molar-refractivity contribution in [3.63, 3.8) is 0 Å². The highest BCUT2D eigenvalue weighted by Gasteiger charge is 2.40. The van der Waals surface area contributed by atoms with Crippen LogP contribution in [-0.2, 0) is 26.1 Å². The van der Waals surface area contributed by atoms with Crippen LogP contribution in [0, 0.1) is 0 Å². The molecule has 1 saturated heterocycles. The average molecular weight is 471 g/mol. The van der Waals surface area contributed by atoms with Gasteiger partial charge in [0.25, 0.3) is 0 Å². The Labute approximate surface area is 183 Å². The standard InChI is InChI=1S/C19H20ClFN4O5S/c1-10(18(26)27)25-8-12-3-2-11(6-16(12)31(25,28)29)17-13(20)7-22-19(24-17)23-15-4-5-30-9-14(15)21/h2-3,6-7,10,14-15H,4-5,8-9H2,1H3,(H,26,27)(H,22,23,24)/t10-,14-,15?/m1/s1. The molecule has 3 atom stereocenters. The molecule has 0 spiro atoms. The van der Waals surface area contributed by atoms with E-state index in [-0.39, 0.29) is 34.7 Å². The molecule has 9 nitrogen and oxygen atoms in total. The van der Waals surface area contributed by atoms with Gasteiger partial charge in [-0.25, -0.2) is 22.8 Å². The Morgan fingerprint density at radius 1 is 1.45 bits per heavy atom. The molecule has 4 rings (SSSR count). The lowest BCUT2D eigenvalue weighted by molar-refractivity contribution is -0.140. The molecule has 2 N–H and O–H groups in total. The fourth-order valence-corrected chi connectivity index (χ4v) is 5.60. The van der Waals surface area contributed by atoms with Gasteiger partial charge < -0.3 is 15.2 Å². The zero-order chi connectivity index (χ0) is 22.3. The van der Waals surface area contributed by atoms with Gasteiger partial charge in [0.15, 0.2) is 0 Å². The minimum absolute atomic E-state index is 0.00788. The minimum Gasteiger partial charge on any atom is -0.480 e. The molecule has 2 aliphatic rings. The summed E-state index contributed by atoms with van der Waals surface area (Å²) in [5.41, 5.74) is 1.19. The SMILES string of the molecule is C[C@H](C(=O)O)N1Cc2ccc(-c3nc(NC4CCOC[C@H]4F)ncc3Cl)cc2S1(=O)=O. The second-order valence-electron chi connectivity index (χ2n) is 7.41. The maximum Gasteiger partial charge on any atom is 0.321 e. The van der Waals surface area contributed by atoms with Crippen LogP contribution in [0.4, 0.5) is 10.3 Å². The average Bonchev–Trinajstić information content (AvgIpc) is 3.00. The van der Waals surface area contributed by atoms with Gasteiger partial charge in [0, 0.05) is 18.7 Å². The van der Waals surface area contributed by atoms with E-state index in [1.807, 2.05) is 0 Å². The Morgan fingerprint density at radius 2 is 2.23 bits per heavy atom. The molecule has 12 heteroatoms. The van der Waals surface area contributed by atoms with Gasteiger partial charge >= 0.3 is 5.97 Å². The highest BCUT2D eigenvalue weighted by atomic mass is 35.5. The number of rotatable bonds is 5. The molecule has 166 valence electrons.